The normalized spacial score (nSPS) is 20.3. The number of benzene rings is 3. The van der Waals surface area contributed by atoms with E-state index in [2.05, 4.69) is 46.3 Å². The lowest BCUT2D eigenvalue weighted by Crippen LogP contribution is -2.69. The van der Waals surface area contributed by atoms with Crippen LogP contribution in [0, 0.1) is 11.8 Å². The Balaban J connectivity index is 1.36. The van der Waals surface area contributed by atoms with Crippen molar-refractivity contribution in [3.05, 3.63) is 95.6 Å². The van der Waals surface area contributed by atoms with E-state index in [0.717, 1.165) is 42.0 Å². The van der Waals surface area contributed by atoms with E-state index >= 15 is 0 Å². The number of rotatable bonds is 5. The molecule has 212 valence electrons. The molecule has 0 radical (unpaired) electrons. The van der Waals surface area contributed by atoms with Gasteiger partial charge in [-0.05, 0) is 73.5 Å². The van der Waals surface area contributed by atoms with Gasteiger partial charge in [-0.2, -0.15) is 0 Å². The van der Waals surface area contributed by atoms with Gasteiger partial charge >= 0.3 is 6.03 Å². The zero-order chi connectivity index (χ0) is 28.8. The fourth-order valence-corrected chi connectivity index (χ4v) is 5.87. The monoisotopic (exact) mass is 550 g/mol. The predicted molar refractivity (Wildman–Crippen MR) is 162 cm³/mol. The largest absolute Gasteiger partial charge is 0.497 e. The number of hydrogen-bond acceptors (Lipinski definition) is 4. The van der Waals surface area contributed by atoms with E-state index in [0.29, 0.717) is 19.6 Å². The number of anilines is 1. The van der Waals surface area contributed by atoms with Gasteiger partial charge in [-0.25, -0.2) is 4.79 Å². The van der Waals surface area contributed by atoms with E-state index in [1.54, 1.807) is 18.9 Å². The van der Waals surface area contributed by atoms with E-state index in [1.807, 2.05) is 66.5 Å². The topological polar surface area (TPSA) is 65.1 Å². The number of fused-ring (bicyclic) bond motifs is 1. The molecule has 2 aliphatic rings. The molecular formula is C34H38N4O3. The zero-order valence-corrected chi connectivity index (χ0v) is 24.0. The second kappa shape index (κ2) is 12.9. The highest BCUT2D eigenvalue weighted by molar-refractivity contribution is 5.89. The van der Waals surface area contributed by atoms with Crippen molar-refractivity contribution in [1.29, 1.82) is 0 Å². The Morgan fingerprint density at radius 1 is 0.927 bits per heavy atom. The van der Waals surface area contributed by atoms with Crippen molar-refractivity contribution < 1.29 is 14.3 Å². The van der Waals surface area contributed by atoms with Crippen molar-refractivity contribution in [3.63, 3.8) is 0 Å². The Morgan fingerprint density at radius 3 is 2.24 bits per heavy atom. The van der Waals surface area contributed by atoms with Gasteiger partial charge in [0, 0.05) is 68.4 Å². The standard InChI is InChI=1S/C34H38N4O3/c1-25(39)36(2)23-31-33(28-15-13-27(14-16-28)12-11-26-9-5-4-6-10-26)32-24-37(21-7-8-22-38(31)32)34(40)35-29-17-19-30(41-3)20-18-29/h4-6,9-10,13-20,31-33H,7-8,21-24H2,1-3H3,(H,35,40)/t31-,32+,33?/m1/s1. The summed E-state index contributed by atoms with van der Waals surface area (Å²) in [6.45, 7) is 4.58. The highest BCUT2D eigenvalue weighted by atomic mass is 16.5. The summed E-state index contributed by atoms with van der Waals surface area (Å²) in [5.41, 5.74) is 3.91. The minimum absolute atomic E-state index is 0.0614. The van der Waals surface area contributed by atoms with Crippen LogP contribution in [0.5, 0.6) is 5.75 Å². The molecule has 7 heteroatoms. The molecule has 0 bridgehead atoms. The van der Waals surface area contributed by atoms with Gasteiger partial charge in [0.25, 0.3) is 0 Å². The zero-order valence-electron chi connectivity index (χ0n) is 24.0. The molecule has 41 heavy (non-hydrogen) atoms. The van der Waals surface area contributed by atoms with Crippen molar-refractivity contribution in [2.45, 2.75) is 37.8 Å². The van der Waals surface area contributed by atoms with Crippen molar-refractivity contribution in [2.24, 2.45) is 0 Å². The number of carbonyl (C=O) groups is 2. The Bertz CT molecular complexity index is 1400. The fraction of sp³-hybridized carbons (Fsp3) is 0.353. The molecule has 0 spiro atoms. The Labute approximate surface area is 243 Å². The lowest BCUT2D eigenvalue weighted by Gasteiger charge is -2.58. The summed E-state index contributed by atoms with van der Waals surface area (Å²) in [6.07, 6.45) is 1.94. The minimum atomic E-state index is -0.0911. The summed E-state index contributed by atoms with van der Waals surface area (Å²) in [6, 6.07) is 26.1. The van der Waals surface area contributed by atoms with Crippen LogP contribution < -0.4 is 10.1 Å². The maximum atomic E-state index is 13.4. The Hall–Kier alpha value is -4.28. The lowest BCUT2D eigenvalue weighted by atomic mass is 9.73. The molecule has 2 aliphatic heterocycles. The van der Waals surface area contributed by atoms with Gasteiger partial charge in [-0.15, -0.1) is 0 Å². The molecule has 5 rings (SSSR count). The smallest absolute Gasteiger partial charge is 0.321 e. The van der Waals surface area contributed by atoms with Gasteiger partial charge in [-0.3, -0.25) is 9.69 Å². The molecule has 0 aromatic heterocycles. The SMILES string of the molecule is COc1ccc(NC(=O)N2CCCCN3[C@H](CN(C)C(C)=O)C(c4ccc(C#Cc5ccccc5)cc4)[C@@H]3C2)cc1. The molecule has 2 heterocycles. The van der Waals surface area contributed by atoms with Crippen molar-refractivity contribution in [2.75, 3.05) is 45.7 Å². The van der Waals surface area contributed by atoms with E-state index in [9.17, 15) is 9.59 Å². The molecule has 3 aromatic rings. The number of nitrogens with one attached hydrogen (secondary N) is 1. The number of hydrogen-bond donors (Lipinski definition) is 1. The van der Waals surface area contributed by atoms with E-state index in [1.165, 1.54) is 5.56 Å². The van der Waals surface area contributed by atoms with E-state index in [4.69, 9.17) is 4.74 Å². The summed E-state index contributed by atoms with van der Waals surface area (Å²) >= 11 is 0. The number of ether oxygens (including phenoxy) is 1. The van der Waals surface area contributed by atoms with Crippen LogP contribution in [0.2, 0.25) is 0 Å². The van der Waals surface area contributed by atoms with Gasteiger partial charge in [0.1, 0.15) is 5.75 Å². The predicted octanol–water partition coefficient (Wildman–Crippen LogP) is 5.04. The number of methoxy groups -OCH3 is 1. The summed E-state index contributed by atoms with van der Waals surface area (Å²) in [5, 5.41) is 3.06. The Morgan fingerprint density at radius 2 is 1.59 bits per heavy atom. The lowest BCUT2D eigenvalue weighted by molar-refractivity contribution is -0.130. The van der Waals surface area contributed by atoms with Gasteiger partial charge in [0.2, 0.25) is 5.91 Å². The molecule has 1 N–H and O–H groups in total. The van der Waals surface area contributed by atoms with E-state index < -0.39 is 0 Å². The van der Waals surface area contributed by atoms with Crippen LogP contribution in [0.3, 0.4) is 0 Å². The summed E-state index contributed by atoms with van der Waals surface area (Å²) in [5.74, 6) is 7.50. The highest BCUT2D eigenvalue weighted by Gasteiger charge is 2.50. The fourth-order valence-electron chi connectivity index (χ4n) is 5.87. The highest BCUT2D eigenvalue weighted by Crippen LogP contribution is 2.42. The van der Waals surface area contributed by atoms with Crippen molar-refractivity contribution >= 4 is 17.6 Å². The molecular weight excluding hydrogens is 512 g/mol. The number of likely N-dealkylation sites (N-methyl/N-ethyl adjacent to an activating group) is 1. The summed E-state index contributed by atoms with van der Waals surface area (Å²) in [4.78, 5) is 31.8. The molecule has 0 aliphatic carbocycles. The molecule has 3 atom stereocenters. The third-order valence-corrected chi connectivity index (χ3v) is 8.23. The number of carbonyl (C=O) groups excluding carboxylic acids is 2. The van der Waals surface area contributed by atoms with Crippen LogP contribution in [0.25, 0.3) is 0 Å². The van der Waals surface area contributed by atoms with Crippen molar-refractivity contribution in [1.82, 2.24) is 14.7 Å². The second-order valence-corrected chi connectivity index (χ2v) is 10.8. The molecule has 7 nitrogen and oxygen atoms in total. The average Bonchev–Trinajstić information content (AvgIpc) is 2.98. The maximum Gasteiger partial charge on any atom is 0.321 e. The first-order valence-corrected chi connectivity index (χ1v) is 14.3. The first kappa shape index (κ1) is 28.3. The van der Waals surface area contributed by atoms with Gasteiger partial charge in [0.15, 0.2) is 0 Å². The second-order valence-electron chi connectivity index (χ2n) is 10.8. The number of nitrogens with zero attached hydrogens (tertiary/aromatic N) is 3. The first-order valence-electron chi connectivity index (χ1n) is 14.3. The summed E-state index contributed by atoms with van der Waals surface area (Å²) < 4.78 is 5.24. The molecule has 1 unspecified atom stereocenters. The molecule has 3 aromatic carbocycles. The quantitative estimate of drug-likeness (QED) is 0.453. The average molecular weight is 551 g/mol. The van der Waals surface area contributed by atoms with Crippen LogP contribution in [-0.4, -0.2) is 79.1 Å². The van der Waals surface area contributed by atoms with Crippen LogP contribution in [0.1, 0.15) is 42.4 Å². The molecule has 3 amide bonds. The number of urea groups is 1. The van der Waals surface area contributed by atoms with E-state index in [-0.39, 0.29) is 29.9 Å². The number of amides is 3. The van der Waals surface area contributed by atoms with Crippen LogP contribution >= 0.6 is 0 Å². The first-order chi connectivity index (χ1) is 19.9. The van der Waals surface area contributed by atoms with Gasteiger partial charge in [-0.1, -0.05) is 42.2 Å². The van der Waals surface area contributed by atoms with Gasteiger partial charge in [0.05, 0.1) is 7.11 Å². The third kappa shape index (κ3) is 6.72. The minimum Gasteiger partial charge on any atom is -0.497 e. The maximum absolute atomic E-state index is 13.4. The Kier molecular flexibility index (Phi) is 8.91. The van der Waals surface area contributed by atoms with Crippen molar-refractivity contribution in [3.8, 4) is 17.6 Å². The summed E-state index contributed by atoms with van der Waals surface area (Å²) in [7, 11) is 3.50. The molecule has 2 saturated heterocycles. The molecule has 2 fully saturated rings. The van der Waals surface area contributed by atoms with Crippen LogP contribution in [0.15, 0.2) is 78.9 Å². The van der Waals surface area contributed by atoms with Crippen LogP contribution in [-0.2, 0) is 4.79 Å². The van der Waals surface area contributed by atoms with Gasteiger partial charge < -0.3 is 19.9 Å². The van der Waals surface area contributed by atoms with Crippen LogP contribution in [0.4, 0.5) is 10.5 Å². The third-order valence-electron chi connectivity index (χ3n) is 8.23. The molecule has 0 saturated carbocycles.